The highest BCUT2D eigenvalue weighted by atomic mass is 32.2. The van der Waals surface area contributed by atoms with E-state index in [0.29, 0.717) is 17.2 Å². The van der Waals surface area contributed by atoms with Crippen molar-refractivity contribution in [2.24, 2.45) is 5.10 Å². The summed E-state index contributed by atoms with van der Waals surface area (Å²) in [6, 6.07) is 22.3. The van der Waals surface area contributed by atoms with Gasteiger partial charge in [-0.05, 0) is 59.7 Å². The van der Waals surface area contributed by atoms with Crippen LogP contribution in [0.15, 0.2) is 84.0 Å². The first-order valence-electron chi connectivity index (χ1n) is 9.80. The van der Waals surface area contributed by atoms with Gasteiger partial charge >= 0.3 is 0 Å². The third kappa shape index (κ3) is 8.23. The number of halogens is 1. The summed E-state index contributed by atoms with van der Waals surface area (Å²) in [7, 11) is 0. The largest absolute Gasteiger partial charge is 0.484 e. The Morgan fingerprint density at radius 3 is 2.38 bits per heavy atom. The fraction of sp³-hybridized carbons (Fsp3) is 0.125. The number of hydrogen-bond acceptors (Lipinski definition) is 5. The van der Waals surface area contributed by atoms with Gasteiger partial charge in [-0.15, -0.1) is 11.8 Å². The van der Waals surface area contributed by atoms with Gasteiger partial charge in [-0.1, -0.05) is 30.3 Å². The number of carbonyl (C=O) groups excluding carboxylic acids is 2. The molecule has 0 radical (unpaired) electrons. The molecule has 8 heteroatoms. The molecule has 2 N–H and O–H groups in total. The van der Waals surface area contributed by atoms with E-state index in [9.17, 15) is 14.0 Å². The minimum absolute atomic E-state index is 0.172. The van der Waals surface area contributed by atoms with Gasteiger partial charge in [-0.3, -0.25) is 9.59 Å². The molecule has 0 spiro atoms. The van der Waals surface area contributed by atoms with Gasteiger partial charge < -0.3 is 10.1 Å². The molecule has 0 unspecified atom stereocenters. The number of ether oxygens (including phenoxy) is 1. The molecular weight excluding hydrogens is 429 g/mol. The van der Waals surface area contributed by atoms with E-state index >= 15 is 0 Å². The molecule has 3 aromatic carbocycles. The van der Waals surface area contributed by atoms with E-state index in [1.807, 2.05) is 30.3 Å². The van der Waals surface area contributed by atoms with Crippen LogP contribution in [0.5, 0.6) is 5.75 Å². The van der Waals surface area contributed by atoms with E-state index in [-0.39, 0.29) is 24.2 Å². The molecular formula is C24H22FN3O3S. The predicted molar refractivity (Wildman–Crippen MR) is 125 cm³/mol. The molecule has 0 aliphatic rings. The van der Waals surface area contributed by atoms with Crippen molar-refractivity contribution >= 4 is 35.5 Å². The molecule has 0 heterocycles. The smallest absolute Gasteiger partial charge is 0.262 e. The maximum Gasteiger partial charge on any atom is 0.262 e. The van der Waals surface area contributed by atoms with E-state index in [1.165, 1.54) is 47.8 Å². The number of rotatable bonds is 10. The van der Waals surface area contributed by atoms with Gasteiger partial charge in [0.2, 0.25) is 5.91 Å². The van der Waals surface area contributed by atoms with E-state index in [1.54, 1.807) is 24.3 Å². The second-order valence-corrected chi connectivity index (χ2v) is 7.67. The van der Waals surface area contributed by atoms with Gasteiger partial charge in [0.15, 0.2) is 6.61 Å². The van der Waals surface area contributed by atoms with E-state index < -0.39 is 0 Å². The van der Waals surface area contributed by atoms with Crippen LogP contribution in [0.1, 0.15) is 11.1 Å². The summed E-state index contributed by atoms with van der Waals surface area (Å²) in [4.78, 5) is 23.8. The summed E-state index contributed by atoms with van der Waals surface area (Å²) in [5.41, 5.74) is 4.93. The summed E-state index contributed by atoms with van der Waals surface area (Å²) in [5, 5.41) is 6.57. The Labute approximate surface area is 189 Å². The Balaban J connectivity index is 1.35. The summed E-state index contributed by atoms with van der Waals surface area (Å²) in [6.45, 7) is -0.179. The van der Waals surface area contributed by atoms with E-state index in [4.69, 9.17) is 4.74 Å². The lowest BCUT2D eigenvalue weighted by molar-refractivity contribution is -0.119. The van der Waals surface area contributed by atoms with Crippen LogP contribution in [0.4, 0.5) is 10.1 Å². The van der Waals surface area contributed by atoms with Crippen LogP contribution in [0.25, 0.3) is 0 Å². The van der Waals surface area contributed by atoms with E-state index in [0.717, 1.165) is 11.3 Å². The zero-order chi connectivity index (χ0) is 22.6. The fourth-order valence-electron chi connectivity index (χ4n) is 2.58. The number of hydrogen-bond donors (Lipinski definition) is 2. The summed E-state index contributed by atoms with van der Waals surface area (Å²) < 4.78 is 18.3. The van der Waals surface area contributed by atoms with Crippen LogP contribution < -0.4 is 15.5 Å². The van der Waals surface area contributed by atoms with Gasteiger partial charge in [0, 0.05) is 11.4 Å². The molecule has 32 heavy (non-hydrogen) atoms. The van der Waals surface area contributed by atoms with Crippen molar-refractivity contribution in [2.75, 3.05) is 17.7 Å². The van der Waals surface area contributed by atoms with Crippen molar-refractivity contribution in [3.05, 3.63) is 95.8 Å². The lowest BCUT2D eigenvalue weighted by atomic mass is 10.2. The Kier molecular flexibility index (Phi) is 8.82. The number of benzene rings is 3. The van der Waals surface area contributed by atoms with Gasteiger partial charge in [-0.25, -0.2) is 9.82 Å². The first-order chi connectivity index (χ1) is 15.6. The second kappa shape index (κ2) is 12.3. The Morgan fingerprint density at radius 1 is 0.938 bits per heavy atom. The van der Waals surface area contributed by atoms with Crippen LogP contribution in [-0.4, -0.2) is 30.4 Å². The number of anilines is 1. The number of amides is 2. The fourth-order valence-corrected chi connectivity index (χ4v) is 3.36. The molecule has 0 aromatic heterocycles. The Bertz CT molecular complexity index is 1040. The molecule has 0 bridgehead atoms. The summed E-state index contributed by atoms with van der Waals surface area (Å²) >= 11 is 1.52. The van der Waals surface area contributed by atoms with Crippen molar-refractivity contribution in [3.8, 4) is 5.75 Å². The molecule has 164 valence electrons. The van der Waals surface area contributed by atoms with Crippen LogP contribution in [0, 0.1) is 5.82 Å². The highest BCUT2D eigenvalue weighted by Crippen LogP contribution is 2.13. The number of nitrogens with zero attached hydrogens (tertiary/aromatic N) is 1. The van der Waals surface area contributed by atoms with Crippen molar-refractivity contribution < 1.29 is 18.7 Å². The number of thioether (sulfide) groups is 1. The molecule has 0 saturated carbocycles. The Hall–Kier alpha value is -3.65. The normalized spacial score (nSPS) is 10.7. The zero-order valence-electron chi connectivity index (χ0n) is 17.2. The third-order valence-corrected chi connectivity index (χ3v) is 5.13. The average molecular weight is 452 g/mol. The van der Waals surface area contributed by atoms with Crippen LogP contribution in [0.3, 0.4) is 0 Å². The maximum absolute atomic E-state index is 12.9. The second-order valence-electron chi connectivity index (χ2n) is 6.68. The predicted octanol–water partition coefficient (Wildman–Crippen LogP) is 4.23. The molecule has 3 rings (SSSR count). The molecule has 0 aliphatic heterocycles. The third-order valence-electron chi connectivity index (χ3n) is 4.13. The van der Waals surface area contributed by atoms with Crippen LogP contribution in [-0.2, 0) is 15.3 Å². The van der Waals surface area contributed by atoms with Crippen molar-refractivity contribution in [1.29, 1.82) is 0 Å². The van der Waals surface area contributed by atoms with Crippen molar-refractivity contribution in [2.45, 2.75) is 5.75 Å². The molecule has 3 aromatic rings. The number of hydrazone groups is 1. The monoisotopic (exact) mass is 451 g/mol. The van der Waals surface area contributed by atoms with Crippen LogP contribution >= 0.6 is 11.8 Å². The van der Waals surface area contributed by atoms with Gasteiger partial charge in [-0.2, -0.15) is 5.10 Å². The van der Waals surface area contributed by atoms with Crippen molar-refractivity contribution in [3.63, 3.8) is 0 Å². The molecule has 0 aliphatic carbocycles. The number of carbonyl (C=O) groups is 2. The summed E-state index contributed by atoms with van der Waals surface area (Å²) in [6.07, 6.45) is 1.53. The minimum atomic E-state index is -0.371. The Morgan fingerprint density at radius 2 is 1.66 bits per heavy atom. The van der Waals surface area contributed by atoms with Crippen LogP contribution in [0.2, 0.25) is 0 Å². The first-order valence-corrected chi connectivity index (χ1v) is 11.0. The maximum atomic E-state index is 12.9. The molecule has 0 atom stereocenters. The highest BCUT2D eigenvalue weighted by Gasteiger charge is 2.04. The van der Waals surface area contributed by atoms with Gasteiger partial charge in [0.1, 0.15) is 11.6 Å². The topological polar surface area (TPSA) is 79.8 Å². The standard InChI is InChI=1S/C24H22FN3O3S/c25-20-8-10-21(11-9-20)27-23(29)15-31-22-12-6-18(7-13-22)14-26-28-24(30)17-32-16-19-4-2-1-3-5-19/h1-14H,15-17H2,(H,27,29)(H,28,30)/b26-14-. The molecule has 0 saturated heterocycles. The lowest BCUT2D eigenvalue weighted by Crippen LogP contribution is -2.20. The molecule has 2 amide bonds. The average Bonchev–Trinajstić information content (AvgIpc) is 2.81. The highest BCUT2D eigenvalue weighted by molar-refractivity contribution is 7.99. The summed E-state index contributed by atoms with van der Waals surface area (Å²) in [5.74, 6) is 0.701. The SMILES string of the molecule is O=C(CSCc1ccccc1)N/N=C\c1ccc(OCC(=O)Nc2ccc(F)cc2)cc1. The van der Waals surface area contributed by atoms with Crippen molar-refractivity contribution in [1.82, 2.24) is 5.43 Å². The first kappa shape index (κ1) is 23.0. The lowest BCUT2D eigenvalue weighted by Gasteiger charge is -2.07. The van der Waals surface area contributed by atoms with Gasteiger partial charge in [0.05, 0.1) is 12.0 Å². The van der Waals surface area contributed by atoms with Gasteiger partial charge in [0.25, 0.3) is 5.91 Å². The molecule has 6 nitrogen and oxygen atoms in total. The number of nitrogens with one attached hydrogen (secondary N) is 2. The quantitative estimate of drug-likeness (QED) is 0.357. The zero-order valence-corrected chi connectivity index (χ0v) is 18.0. The van der Waals surface area contributed by atoms with E-state index in [2.05, 4.69) is 15.8 Å². The minimum Gasteiger partial charge on any atom is -0.484 e. The molecule has 0 fully saturated rings.